The lowest BCUT2D eigenvalue weighted by Crippen LogP contribution is -2.17. The Kier molecular flexibility index (Phi) is 4.04. The molecule has 0 unspecified atom stereocenters. The second kappa shape index (κ2) is 6.16. The van der Waals surface area contributed by atoms with E-state index in [1.165, 1.54) is 10.5 Å². The topological polar surface area (TPSA) is 86.7 Å². The first-order chi connectivity index (χ1) is 11.5. The molecule has 0 radical (unpaired) electrons. The van der Waals surface area contributed by atoms with Crippen molar-refractivity contribution in [2.45, 2.75) is 20.5 Å². The number of nitrogen functional groups attached to an aromatic ring is 1. The van der Waals surface area contributed by atoms with Crippen LogP contribution in [0, 0.1) is 13.8 Å². The monoisotopic (exact) mass is 323 g/mol. The van der Waals surface area contributed by atoms with Crippen LogP contribution < -0.4 is 11.3 Å². The van der Waals surface area contributed by atoms with E-state index in [-0.39, 0.29) is 12.2 Å². The van der Waals surface area contributed by atoms with Crippen molar-refractivity contribution >= 4 is 17.3 Å². The van der Waals surface area contributed by atoms with E-state index >= 15 is 0 Å². The Morgan fingerprint density at radius 2 is 2.04 bits per heavy atom. The van der Waals surface area contributed by atoms with E-state index in [4.69, 9.17) is 10.5 Å². The number of rotatable bonds is 3. The van der Waals surface area contributed by atoms with Gasteiger partial charge in [-0.2, -0.15) is 0 Å². The van der Waals surface area contributed by atoms with Gasteiger partial charge in [0.1, 0.15) is 12.3 Å². The van der Waals surface area contributed by atoms with Crippen LogP contribution in [0.25, 0.3) is 5.65 Å². The van der Waals surface area contributed by atoms with Gasteiger partial charge in [0.2, 0.25) is 0 Å². The van der Waals surface area contributed by atoms with Crippen molar-refractivity contribution in [2.24, 2.45) is 0 Å². The number of nitrogens with two attached hydrogens (primary N) is 1. The normalized spacial score (nSPS) is 10.8. The number of hydrogen-bond donors (Lipinski definition) is 1. The quantitative estimate of drug-likeness (QED) is 0.590. The fourth-order valence-corrected chi connectivity index (χ4v) is 2.41. The van der Waals surface area contributed by atoms with Gasteiger partial charge in [-0.3, -0.25) is 9.20 Å². The van der Waals surface area contributed by atoms with E-state index in [2.05, 4.69) is 4.98 Å². The van der Waals surface area contributed by atoms with E-state index in [0.717, 1.165) is 11.1 Å². The zero-order valence-corrected chi connectivity index (χ0v) is 13.4. The third kappa shape index (κ3) is 2.99. The summed E-state index contributed by atoms with van der Waals surface area (Å²) in [7, 11) is 0. The Morgan fingerprint density at radius 1 is 1.25 bits per heavy atom. The number of para-hydroxylation sites is 1. The zero-order valence-electron chi connectivity index (χ0n) is 13.4. The summed E-state index contributed by atoms with van der Waals surface area (Å²) in [6, 6.07) is 10.1. The molecule has 2 aromatic heterocycles. The first kappa shape index (κ1) is 15.7. The Balaban J connectivity index is 1.83. The number of anilines is 1. The average molecular weight is 323 g/mol. The molecule has 122 valence electrons. The summed E-state index contributed by atoms with van der Waals surface area (Å²) >= 11 is 0. The molecular weight excluding hydrogens is 306 g/mol. The molecule has 0 aliphatic carbocycles. The molecule has 3 aromatic rings. The molecule has 2 heterocycles. The lowest BCUT2D eigenvalue weighted by atomic mass is 10.1. The van der Waals surface area contributed by atoms with Crippen molar-refractivity contribution in [3.8, 4) is 0 Å². The lowest BCUT2D eigenvalue weighted by Gasteiger charge is -2.09. The maximum atomic E-state index is 12.2. The molecule has 24 heavy (non-hydrogen) atoms. The predicted octanol–water partition coefficient (Wildman–Crippen LogP) is 2.25. The van der Waals surface area contributed by atoms with Crippen LogP contribution in [0.15, 0.2) is 47.4 Å². The van der Waals surface area contributed by atoms with Gasteiger partial charge in [0.15, 0.2) is 0 Å². The molecule has 0 saturated carbocycles. The number of carbonyl (C=O) groups excluding carboxylic acids is 1. The largest absolute Gasteiger partial charge is 0.456 e. The minimum atomic E-state index is -0.540. The van der Waals surface area contributed by atoms with Crippen molar-refractivity contribution in [2.75, 3.05) is 5.73 Å². The first-order valence-electron chi connectivity index (χ1n) is 7.47. The van der Waals surface area contributed by atoms with Crippen LogP contribution in [-0.4, -0.2) is 15.4 Å². The molecule has 0 spiro atoms. The second-order valence-corrected chi connectivity index (χ2v) is 5.63. The van der Waals surface area contributed by atoms with Gasteiger partial charge in [-0.25, -0.2) is 9.78 Å². The van der Waals surface area contributed by atoms with Gasteiger partial charge in [0, 0.05) is 18.0 Å². The van der Waals surface area contributed by atoms with Gasteiger partial charge in [-0.1, -0.05) is 18.2 Å². The number of pyridine rings is 1. The maximum Gasteiger partial charge on any atom is 0.340 e. The molecule has 3 rings (SSSR count). The SMILES string of the molecule is Cc1ccc2nc(COC(=O)c3cccc(C)c3N)cc(=O)n2c1. The highest BCUT2D eigenvalue weighted by atomic mass is 16.5. The van der Waals surface area contributed by atoms with Crippen LogP contribution in [0.5, 0.6) is 0 Å². The molecule has 2 N–H and O–H groups in total. The molecular formula is C18H17N3O3. The van der Waals surface area contributed by atoms with Crippen LogP contribution in [0.1, 0.15) is 27.2 Å². The van der Waals surface area contributed by atoms with E-state index < -0.39 is 5.97 Å². The Morgan fingerprint density at radius 3 is 2.83 bits per heavy atom. The van der Waals surface area contributed by atoms with Gasteiger partial charge >= 0.3 is 5.97 Å². The molecule has 0 fully saturated rings. The minimum Gasteiger partial charge on any atom is -0.456 e. The van der Waals surface area contributed by atoms with Gasteiger partial charge in [-0.15, -0.1) is 0 Å². The van der Waals surface area contributed by atoms with E-state index in [1.807, 2.05) is 26.0 Å². The van der Waals surface area contributed by atoms with Crippen LogP contribution >= 0.6 is 0 Å². The highest BCUT2D eigenvalue weighted by Crippen LogP contribution is 2.17. The summed E-state index contributed by atoms with van der Waals surface area (Å²) in [4.78, 5) is 28.6. The molecule has 0 aliphatic rings. The number of ether oxygens (including phenoxy) is 1. The van der Waals surface area contributed by atoms with Gasteiger partial charge < -0.3 is 10.5 Å². The second-order valence-electron chi connectivity index (χ2n) is 5.63. The Labute approximate surface area is 138 Å². The summed E-state index contributed by atoms with van der Waals surface area (Å²) in [6.07, 6.45) is 1.72. The van der Waals surface area contributed by atoms with Gasteiger partial charge in [0.05, 0.1) is 11.3 Å². The summed E-state index contributed by atoms with van der Waals surface area (Å²) in [5, 5.41) is 0. The predicted molar refractivity (Wildman–Crippen MR) is 90.9 cm³/mol. The fourth-order valence-electron chi connectivity index (χ4n) is 2.41. The number of hydrogen-bond acceptors (Lipinski definition) is 5. The average Bonchev–Trinajstić information content (AvgIpc) is 2.56. The maximum absolute atomic E-state index is 12.2. The first-order valence-corrected chi connectivity index (χ1v) is 7.47. The van der Waals surface area contributed by atoms with Crippen molar-refractivity contribution < 1.29 is 9.53 Å². The lowest BCUT2D eigenvalue weighted by molar-refractivity contribution is 0.0469. The Bertz CT molecular complexity index is 992. The molecule has 6 heteroatoms. The summed E-state index contributed by atoms with van der Waals surface area (Å²) in [5.41, 5.74) is 9.05. The fraction of sp³-hybridized carbons (Fsp3) is 0.167. The zero-order chi connectivity index (χ0) is 17.3. The Hall–Kier alpha value is -3.15. The molecule has 0 amide bonds. The molecule has 0 aliphatic heterocycles. The van der Waals surface area contributed by atoms with Gasteiger partial charge in [0.25, 0.3) is 5.56 Å². The summed E-state index contributed by atoms with van der Waals surface area (Å²) in [6.45, 7) is 3.62. The van der Waals surface area contributed by atoms with Crippen LogP contribution in [-0.2, 0) is 11.3 Å². The number of esters is 1. The van der Waals surface area contributed by atoms with E-state index in [1.54, 1.807) is 24.4 Å². The van der Waals surface area contributed by atoms with E-state index in [0.29, 0.717) is 22.6 Å². The molecule has 0 saturated heterocycles. The molecule has 1 aromatic carbocycles. The number of aryl methyl sites for hydroxylation is 2. The number of fused-ring (bicyclic) bond motifs is 1. The van der Waals surface area contributed by atoms with Crippen molar-refractivity contribution in [1.82, 2.24) is 9.38 Å². The third-order valence-corrected chi connectivity index (χ3v) is 3.76. The molecule has 0 atom stereocenters. The highest BCUT2D eigenvalue weighted by molar-refractivity contribution is 5.95. The van der Waals surface area contributed by atoms with Crippen LogP contribution in [0.2, 0.25) is 0 Å². The van der Waals surface area contributed by atoms with Crippen LogP contribution in [0.3, 0.4) is 0 Å². The number of carbonyl (C=O) groups is 1. The van der Waals surface area contributed by atoms with Gasteiger partial charge in [-0.05, 0) is 37.1 Å². The number of nitrogens with zero attached hydrogens (tertiary/aromatic N) is 2. The number of aromatic nitrogens is 2. The smallest absolute Gasteiger partial charge is 0.340 e. The third-order valence-electron chi connectivity index (χ3n) is 3.76. The summed E-state index contributed by atoms with van der Waals surface area (Å²) in [5.74, 6) is -0.540. The molecule has 6 nitrogen and oxygen atoms in total. The minimum absolute atomic E-state index is 0.0914. The standard InChI is InChI=1S/C18H17N3O3/c1-11-6-7-15-20-13(8-16(22)21(15)9-11)10-24-18(23)14-5-3-4-12(2)17(14)19/h3-9H,10,19H2,1-2H3. The molecule has 0 bridgehead atoms. The summed E-state index contributed by atoms with van der Waals surface area (Å²) < 4.78 is 6.71. The van der Waals surface area contributed by atoms with Crippen molar-refractivity contribution in [3.63, 3.8) is 0 Å². The van der Waals surface area contributed by atoms with Crippen LogP contribution in [0.4, 0.5) is 5.69 Å². The van der Waals surface area contributed by atoms with E-state index in [9.17, 15) is 9.59 Å². The highest BCUT2D eigenvalue weighted by Gasteiger charge is 2.13. The van der Waals surface area contributed by atoms with Crippen molar-refractivity contribution in [1.29, 1.82) is 0 Å². The van der Waals surface area contributed by atoms with Crippen molar-refractivity contribution in [3.05, 3.63) is 75.3 Å². The number of benzene rings is 1.